The molecule has 0 bridgehead atoms. The highest BCUT2D eigenvalue weighted by Gasteiger charge is 2.12. The highest BCUT2D eigenvalue weighted by Crippen LogP contribution is 2.25. The average molecular weight is 570 g/mol. The first kappa shape index (κ1) is 24.9. The topological polar surface area (TPSA) is 62.1 Å². The number of carbonyl (C=O) groups excluding carboxylic acids is 2. The Balaban J connectivity index is 1.30. The van der Waals surface area contributed by atoms with Gasteiger partial charge in [-0.3, -0.25) is 4.79 Å². The van der Waals surface area contributed by atoms with Crippen LogP contribution < -0.4 is 15.2 Å². The lowest BCUT2D eigenvalue weighted by Crippen LogP contribution is -2.37. The molecular weight excluding hydrogens is 549 g/mol. The van der Waals surface area contributed by atoms with Crippen molar-refractivity contribution in [1.29, 1.82) is 0 Å². The van der Waals surface area contributed by atoms with Gasteiger partial charge >= 0.3 is 6.03 Å². The molecule has 0 aliphatic carbocycles. The number of pyridine rings is 1. The van der Waals surface area contributed by atoms with E-state index in [9.17, 15) is 9.59 Å². The van der Waals surface area contributed by atoms with Crippen molar-refractivity contribution in [2.24, 2.45) is 0 Å². The number of hydrogen-bond donors (Lipinski definition) is 2. The van der Waals surface area contributed by atoms with Crippen LogP contribution in [-0.2, 0) is 13.0 Å². The predicted octanol–water partition coefficient (Wildman–Crippen LogP) is 7.16. The third-order valence-electron chi connectivity index (χ3n) is 5.25. The predicted molar refractivity (Wildman–Crippen MR) is 143 cm³/mol. The van der Waals surface area contributed by atoms with Gasteiger partial charge in [0.05, 0.1) is 10.0 Å². The highest BCUT2D eigenvalue weighted by atomic mass is 79.9. The van der Waals surface area contributed by atoms with Crippen molar-refractivity contribution in [2.45, 2.75) is 13.0 Å². The van der Waals surface area contributed by atoms with Crippen molar-refractivity contribution in [2.75, 3.05) is 10.6 Å². The molecule has 2 N–H and O–H groups in total. The van der Waals surface area contributed by atoms with E-state index in [1.165, 1.54) is 0 Å². The summed E-state index contributed by atoms with van der Waals surface area (Å²) in [6, 6.07) is 23.5. The van der Waals surface area contributed by atoms with Crippen LogP contribution in [-0.4, -0.2) is 11.8 Å². The summed E-state index contributed by atoms with van der Waals surface area (Å²) in [5.41, 5.74) is 4.13. The van der Waals surface area contributed by atoms with E-state index in [-0.39, 0.29) is 18.4 Å². The molecule has 5 nitrogen and oxygen atoms in total. The molecule has 0 fully saturated rings. The van der Waals surface area contributed by atoms with E-state index in [0.717, 1.165) is 22.0 Å². The summed E-state index contributed by atoms with van der Waals surface area (Å²) in [4.78, 5) is 24.7. The maximum atomic E-state index is 12.5. The highest BCUT2D eigenvalue weighted by molar-refractivity contribution is 9.10. The van der Waals surface area contributed by atoms with Crippen molar-refractivity contribution >= 4 is 62.3 Å². The Bertz CT molecular complexity index is 1340. The molecule has 4 rings (SSSR count). The molecule has 0 radical (unpaired) electrons. The Morgan fingerprint density at radius 2 is 1.34 bits per heavy atom. The van der Waals surface area contributed by atoms with Gasteiger partial charge in [0, 0.05) is 33.5 Å². The zero-order valence-electron chi connectivity index (χ0n) is 18.5. The molecule has 0 spiro atoms. The van der Waals surface area contributed by atoms with Crippen molar-refractivity contribution in [3.05, 3.63) is 122 Å². The Morgan fingerprint density at radius 3 is 2.00 bits per heavy atom. The molecule has 0 saturated carbocycles. The van der Waals surface area contributed by atoms with Gasteiger partial charge in [0.1, 0.15) is 0 Å². The van der Waals surface area contributed by atoms with Gasteiger partial charge in [0.15, 0.2) is 12.4 Å². The SMILES string of the molecule is O=C(Nc1ccc(Cc2cc[n+](CC(=O)c3ccc(Br)cc3)cc2)cc1)Nc1ccc(Cl)c(Cl)c1. The zero-order valence-corrected chi connectivity index (χ0v) is 21.6. The monoisotopic (exact) mass is 568 g/mol. The Morgan fingerprint density at radius 1 is 0.743 bits per heavy atom. The Kier molecular flexibility index (Phi) is 8.18. The Labute approximate surface area is 221 Å². The van der Waals surface area contributed by atoms with Crippen LogP contribution in [0.15, 0.2) is 95.7 Å². The van der Waals surface area contributed by atoms with Gasteiger partial charge in [-0.05, 0) is 60.0 Å². The minimum absolute atomic E-state index is 0.0570. The fourth-order valence-electron chi connectivity index (χ4n) is 3.41. The van der Waals surface area contributed by atoms with Crippen LogP contribution in [0, 0.1) is 0 Å². The maximum Gasteiger partial charge on any atom is 0.323 e. The second-order valence-corrected chi connectivity index (χ2v) is 9.62. The van der Waals surface area contributed by atoms with E-state index in [1.54, 1.807) is 18.2 Å². The summed E-state index contributed by atoms with van der Waals surface area (Å²) in [7, 11) is 0. The quantitative estimate of drug-likeness (QED) is 0.183. The number of nitrogens with zero attached hydrogens (tertiary/aromatic N) is 1. The van der Waals surface area contributed by atoms with E-state index in [2.05, 4.69) is 26.6 Å². The number of anilines is 2. The molecule has 176 valence electrons. The zero-order chi connectivity index (χ0) is 24.8. The second-order valence-electron chi connectivity index (χ2n) is 7.89. The summed E-state index contributed by atoms with van der Waals surface area (Å²) < 4.78 is 2.81. The van der Waals surface area contributed by atoms with Crippen LogP contribution in [0.2, 0.25) is 10.0 Å². The van der Waals surface area contributed by atoms with Crippen LogP contribution in [0.5, 0.6) is 0 Å². The molecule has 1 heterocycles. The van der Waals surface area contributed by atoms with Crippen LogP contribution in [0.3, 0.4) is 0 Å². The summed E-state index contributed by atoms with van der Waals surface area (Å²) >= 11 is 15.3. The number of urea groups is 1. The van der Waals surface area contributed by atoms with E-state index in [0.29, 0.717) is 27.0 Å². The number of Topliss-reactive ketones (excluding diaryl/α,β-unsaturated/α-hetero) is 1. The molecule has 0 aliphatic heterocycles. The van der Waals surface area contributed by atoms with Gasteiger partial charge < -0.3 is 10.6 Å². The van der Waals surface area contributed by atoms with Gasteiger partial charge in [-0.2, -0.15) is 4.57 Å². The van der Waals surface area contributed by atoms with E-state index in [1.807, 2.05) is 77.6 Å². The molecular formula is C27H21BrCl2N3O2+. The molecule has 4 aromatic rings. The molecule has 0 saturated heterocycles. The number of benzene rings is 3. The molecule has 35 heavy (non-hydrogen) atoms. The van der Waals surface area contributed by atoms with Gasteiger partial charge in [-0.1, -0.05) is 63.4 Å². The lowest BCUT2D eigenvalue weighted by atomic mass is 10.1. The third-order valence-corrected chi connectivity index (χ3v) is 6.52. The third kappa shape index (κ3) is 7.15. The van der Waals surface area contributed by atoms with Crippen LogP contribution in [0.4, 0.5) is 16.2 Å². The van der Waals surface area contributed by atoms with Crippen molar-refractivity contribution < 1.29 is 14.2 Å². The fraction of sp³-hybridized carbons (Fsp3) is 0.0741. The van der Waals surface area contributed by atoms with Crippen molar-refractivity contribution in [3.8, 4) is 0 Å². The van der Waals surface area contributed by atoms with Crippen molar-refractivity contribution in [3.63, 3.8) is 0 Å². The normalized spacial score (nSPS) is 10.6. The first-order valence-corrected chi connectivity index (χ1v) is 12.3. The smallest absolute Gasteiger partial charge is 0.308 e. The number of carbonyl (C=O) groups is 2. The minimum Gasteiger partial charge on any atom is -0.308 e. The standard InChI is InChI=1S/C27H20BrCl2N3O2/c28-21-5-3-20(4-6-21)26(34)17-33-13-11-19(12-14-33)15-18-1-7-22(8-2-18)31-27(35)32-23-9-10-24(29)25(30)16-23/h1-14,16H,15,17H2,(H-,31,32,35)/p+1. The molecule has 0 unspecified atom stereocenters. The largest absolute Gasteiger partial charge is 0.323 e. The second kappa shape index (κ2) is 11.5. The van der Waals surface area contributed by atoms with Crippen LogP contribution in [0.25, 0.3) is 0 Å². The summed E-state index contributed by atoms with van der Waals surface area (Å²) in [5.74, 6) is 0.0570. The first-order valence-electron chi connectivity index (χ1n) is 10.7. The van der Waals surface area contributed by atoms with Gasteiger partial charge in [-0.25, -0.2) is 4.79 Å². The van der Waals surface area contributed by atoms with Crippen LogP contribution in [0.1, 0.15) is 21.5 Å². The Hall–Kier alpha value is -3.19. The average Bonchev–Trinajstić information content (AvgIpc) is 2.84. The van der Waals surface area contributed by atoms with E-state index < -0.39 is 0 Å². The molecule has 2 amide bonds. The van der Waals surface area contributed by atoms with E-state index in [4.69, 9.17) is 23.2 Å². The van der Waals surface area contributed by atoms with Gasteiger partial charge in [0.2, 0.25) is 12.3 Å². The number of ketones is 1. The fourth-order valence-corrected chi connectivity index (χ4v) is 3.98. The summed E-state index contributed by atoms with van der Waals surface area (Å²) in [5, 5.41) is 6.31. The molecule has 0 aliphatic rings. The molecule has 8 heteroatoms. The van der Waals surface area contributed by atoms with E-state index >= 15 is 0 Å². The number of nitrogens with one attached hydrogen (secondary N) is 2. The molecule has 3 aromatic carbocycles. The summed E-state index contributed by atoms with van der Waals surface area (Å²) in [6.45, 7) is 0.284. The minimum atomic E-state index is -0.374. The number of hydrogen-bond acceptors (Lipinski definition) is 2. The van der Waals surface area contributed by atoms with Gasteiger partial charge in [-0.15, -0.1) is 0 Å². The number of rotatable bonds is 7. The molecule has 0 atom stereocenters. The maximum absolute atomic E-state index is 12.5. The van der Waals surface area contributed by atoms with Gasteiger partial charge in [0.25, 0.3) is 0 Å². The first-order chi connectivity index (χ1) is 16.9. The number of amides is 2. The number of aromatic nitrogens is 1. The summed E-state index contributed by atoms with van der Waals surface area (Å²) in [6.07, 6.45) is 4.56. The van der Waals surface area contributed by atoms with Crippen LogP contribution >= 0.6 is 39.1 Å². The lowest BCUT2D eigenvalue weighted by molar-refractivity contribution is -0.683. The lowest BCUT2D eigenvalue weighted by Gasteiger charge is -2.09. The molecule has 1 aromatic heterocycles. The number of halogens is 3. The van der Waals surface area contributed by atoms with Crippen molar-refractivity contribution in [1.82, 2.24) is 0 Å².